The third-order valence-corrected chi connectivity index (χ3v) is 3.56. The van der Waals surface area contributed by atoms with Crippen LogP contribution in [0.25, 0.3) is 0 Å². The van der Waals surface area contributed by atoms with E-state index in [0.29, 0.717) is 5.56 Å². The molecular formula is C15H21NO2. The molecule has 1 aromatic carbocycles. The van der Waals surface area contributed by atoms with Gasteiger partial charge in [0, 0.05) is 13.1 Å². The highest BCUT2D eigenvalue weighted by atomic mass is 16.5. The number of hydrogen-bond acceptors (Lipinski definition) is 3. The van der Waals surface area contributed by atoms with E-state index in [0.717, 1.165) is 31.1 Å². The summed E-state index contributed by atoms with van der Waals surface area (Å²) in [6.45, 7) is 5.38. The molecule has 0 aliphatic carbocycles. The highest BCUT2D eigenvalue weighted by Crippen LogP contribution is 2.19. The number of rotatable bonds is 3. The Morgan fingerprint density at radius 1 is 1.44 bits per heavy atom. The molecule has 1 aliphatic rings. The van der Waals surface area contributed by atoms with E-state index in [9.17, 15) is 4.79 Å². The summed E-state index contributed by atoms with van der Waals surface area (Å²) in [6.07, 6.45) is 2.57. The molecule has 1 aliphatic heterocycles. The highest BCUT2D eigenvalue weighted by molar-refractivity contribution is 5.90. The van der Waals surface area contributed by atoms with Crippen LogP contribution in [0.15, 0.2) is 24.3 Å². The molecule has 1 saturated heterocycles. The van der Waals surface area contributed by atoms with E-state index in [2.05, 4.69) is 11.8 Å². The minimum atomic E-state index is -0.240. The largest absolute Gasteiger partial charge is 0.465 e. The minimum Gasteiger partial charge on any atom is -0.465 e. The lowest BCUT2D eigenvalue weighted by molar-refractivity contribution is 0.0597. The second kappa shape index (κ2) is 6.01. The maximum atomic E-state index is 11.7. The number of nitrogens with zero attached hydrogens (tertiary/aromatic N) is 1. The SMILES string of the molecule is COC(=O)c1ccccc1CN1CCC[C@@H](C)C1. The van der Waals surface area contributed by atoms with Gasteiger partial charge in [-0.25, -0.2) is 4.79 Å². The molecule has 1 fully saturated rings. The Labute approximate surface area is 109 Å². The van der Waals surface area contributed by atoms with E-state index in [-0.39, 0.29) is 5.97 Å². The fraction of sp³-hybridized carbons (Fsp3) is 0.533. The van der Waals surface area contributed by atoms with Gasteiger partial charge in [-0.1, -0.05) is 25.1 Å². The van der Waals surface area contributed by atoms with E-state index in [1.807, 2.05) is 24.3 Å². The van der Waals surface area contributed by atoms with E-state index in [4.69, 9.17) is 4.74 Å². The predicted molar refractivity (Wildman–Crippen MR) is 71.5 cm³/mol. The van der Waals surface area contributed by atoms with Crippen LogP contribution in [0.2, 0.25) is 0 Å². The zero-order valence-corrected chi connectivity index (χ0v) is 11.2. The average Bonchev–Trinajstić information content (AvgIpc) is 2.38. The van der Waals surface area contributed by atoms with Crippen molar-refractivity contribution in [3.8, 4) is 0 Å². The van der Waals surface area contributed by atoms with Crippen LogP contribution in [0.4, 0.5) is 0 Å². The molecule has 98 valence electrons. The lowest BCUT2D eigenvalue weighted by Gasteiger charge is -2.31. The third kappa shape index (κ3) is 3.10. The smallest absolute Gasteiger partial charge is 0.338 e. The number of hydrogen-bond donors (Lipinski definition) is 0. The molecule has 2 rings (SSSR count). The Bertz CT molecular complexity index is 417. The fourth-order valence-electron chi connectivity index (χ4n) is 2.64. The lowest BCUT2D eigenvalue weighted by atomic mass is 9.99. The predicted octanol–water partition coefficient (Wildman–Crippen LogP) is 2.71. The summed E-state index contributed by atoms with van der Waals surface area (Å²) in [5.74, 6) is 0.514. The summed E-state index contributed by atoms with van der Waals surface area (Å²) in [7, 11) is 1.43. The van der Waals surface area contributed by atoms with Crippen molar-refractivity contribution in [3.05, 3.63) is 35.4 Å². The monoisotopic (exact) mass is 247 g/mol. The third-order valence-electron chi connectivity index (χ3n) is 3.56. The van der Waals surface area contributed by atoms with E-state index in [1.54, 1.807) is 0 Å². The molecule has 0 spiro atoms. The number of likely N-dealkylation sites (tertiary alicyclic amines) is 1. The Kier molecular flexibility index (Phi) is 4.37. The molecular weight excluding hydrogens is 226 g/mol. The summed E-state index contributed by atoms with van der Waals surface area (Å²) in [5, 5.41) is 0. The van der Waals surface area contributed by atoms with Crippen LogP contribution in [0.1, 0.15) is 35.7 Å². The first-order chi connectivity index (χ1) is 8.70. The number of esters is 1. The van der Waals surface area contributed by atoms with Crippen LogP contribution in [0.5, 0.6) is 0 Å². The van der Waals surface area contributed by atoms with Crippen LogP contribution < -0.4 is 0 Å². The Morgan fingerprint density at radius 2 is 2.22 bits per heavy atom. The minimum absolute atomic E-state index is 0.240. The molecule has 0 amide bonds. The van der Waals surface area contributed by atoms with Gasteiger partial charge in [0.05, 0.1) is 12.7 Å². The van der Waals surface area contributed by atoms with Gasteiger partial charge < -0.3 is 4.74 Å². The van der Waals surface area contributed by atoms with Gasteiger partial charge in [0.1, 0.15) is 0 Å². The number of carbonyl (C=O) groups excluding carboxylic acids is 1. The molecule has 0 bridgehead atoms. The zero-order valence-electron chi connectivity index (χ0n) is 11.2. The maximum Gasteiger partial charge on any atom is 0.338 e. The van der Waals surface area contributed by atoms with Crippen LogP contribution in [-0.2, 0) is 11.3 Å². The number of methoxy groups -OCH3 is 1. The zero-order chi connectivity index (χ0) is 13.0. The first-order valence-corrected chi connectivity index (χ1v) is 6.59. The second-order valence-corrected chi connectivity index (χ2v) is 5.13. The Morgan fingerprint density at radius 3 is 2.94 bits per heavy atom. The van der Waals surface area contributed by atoms with Crippen LogP contribution in [0, 0.1) is 5.92 Å². The van der Waals surface area contributed by atoms with Crippen molar-refractivity contribution in [2.45, 2.75) is 26.3 Å². The molecule has 3 heteroatoms. The topological polar surface area (TPSA) is 29.5 Å². The van der Waals surface area contributed by atoms with Gasteiger partial charge in [0.15, 0.2) is 0 Å². The van der Waals surface area contributed by atoms with E-state index in [1.165, 1.54) is 20.0 Å². The van der Waals surface area contributed by atoms with Gasteiger partial charge in [-0.15, -0.1) is 0 Å². The Hall–Kier alpha value is -1.35. The van der Waals surface area contributed by atoms with Gasteiger partial charge in [-0.05, 0) is 36.9 Å². The molecule has 1 aromatic rings. The van der Waals surface area contributed by atoms with Crippen molar-refractivity contribution in [1.29, 1.82) is 0 Å². The van der Waals surface area contributed by atoms with Crippen molar-refractivity contribution < 1.29 is 9.53 Å². The van der Waals surface area contributed by atoms with Gasteiger partial charge in [0.2, 0.25) is 0 Å². The van der Waals surface area contributed by atoms with Gasteiger partial charge in [-0.3, -0.25) is 4.90 Å². The number of piperidine rings is 1. The van der Waals surface area contributed by atoms with Crippen molar-refractivity contribution in [2.24, 2.45) is 5.92 Å². The lowest BCUT2D eigenvalue weighted by Crippen LogP contribution is -2.34. The molecule has 0 aromatic heterocycles. The molecule has 1 heterocycles. The normalized spacial score (nSPS) is 20.7. The average molecular weight is 247 g/mol. The molecule has 0 saturated carbocycles. The van der Waals surface area contributed by atoms with Crippen LogP contribution >= 0.6 is 0 Å². The quantitative estimate of drug-likeness (QED) is 0.769. The van der Waals surface area contributed by atoms with E-state index >= 15 is 0 Å². The van der Waals surface area contributed by atoms with E-state index < -0.39 is 0 Å². The van der Waals surface area contributed by atoms with Crippen LogP contribution in [0.3, 0.4) is 0 Å². The van der Waals surface area contributed by atoms with Crippen molar-refractivity contribution in [3.63, 3.8) is 0 Å². The van der Waals surface area contributed by atoms with Crippen molar-refractivity contribution in [2.75, 3.05) is 20.2 Å². The van der Waals surface area contributed by atoms with Gasteiger partial charge in [0.25, 0.3) is 0 Å². The Balaban J connectivity index is 2.10. The second-order valence-electron chi connectivity index (χ2n) is 5.13. The standard InChI is InChI=1S/C15H21NO2/c1-12-6-5-9-16(10-12)11-13-7-3-4-8-14(13)15(17)18-2/h3-4,7-8,12H,5-6,9-11H2,1-2H3/t12-/m1/s1. The summed E-state index contributed by atoms with van der Waals surface area (Å²) >= 11 is 0. The van der Waals surface area contributed by atoms with Crippen LogP contribution in [-0.4, -0.2) is 31.1 Å². The molecule has 0 unspecified atom stereocenters. The van der Waals surface area contributed by atoms with Gasteiger partial charge in [-0.2, -0.15) is 0 Å². The van der Waals surface area contributed by atoms with Crippen molar-refractivity contribution >= 4 is 5.97 Å². The first-order valence-electron chi connectivity index (χ1n) is 6.59. The summed E-state index contributed by atoms with van der Waals surface area (Å²) < 4.78 is 4.83. The molecule has 0 N–H and O–H groups in total. The van der Waals surface area contributed by atoms with Crippen molar-refractivity contribution in [1.82, 2.24) is 4.90 Å². The number of carbonyl (C=O) groups is 1. The number of benzene rings is 1. The maximum absolute atomic E-state index is 11.7. The first kappa shape index (κ1) is 13.1. The summed E-state index contributed by atoms with van der Waals surface area (Å²) in [5.41, 5.74) is 1.76. The fourth-order valence-corrected chi connectivity index (χ4v) is 2.64. The molecule has 1 atom stereocenters. The molecule has 0 radical (unpaired) electrons. The summed E-state index contributed by atoms with van der Waals surface area (Å²) in [6, 6.07) is 7.73. The molecule has 3 nitrogen and oxygen atoms in total. The van der Waals surface area contributed by atoms with Gasteiger partial charge >= 0.3 is 5.97 Å². The number of ether oxygens (including phenoxy) is 1. The molecule has 18 heavy (non-hydrogen) atoms. The summed E-state index contributed by atoms with van der Waals surface area (Å²) in [4.78, 5) is 14.1. The highest BCUT2D eigenvalue weighted by Gasteiger charge is 2.18.